The minimum Gasteiger partial charge on any atom is -0.393 e. The fourth-order valence-corrected chi connectivity index (χ4v) is 2.94. The molecule has 3 rings (SSSR count). The Kier molecular flexibility index (Phi) is 4.29. The second kappa shape index (κ2) is 6.18. The van der Waals surface area contributed by atoms with Gasteiger partial charge in [0, 0.05) is 23.7 Å². The summed E-state index contributed by atoms with van der Waals surface area (Å²) in [5.41, 5.74) is 1.53. The second-order valence-corrected chi connectivity index (χ2v) is 5.96. The van der Waals surface area contributed by atoms with Gasteiger partial charge < -0.3 is 10.0 Å². The second-order valence-electron chi connectivity index (χ2n) is 5.12. The summed E-state index contributed by atoms with van der Waals surface area (Å²) in [4.78, 5) is 2.13. The number of hydrogen-bond donors (Lipinski definition) is 1. The third-order valence-electron chi connectivity index (χ3n) is 3.65. The van der Waals surface area contributed by atoms with Gasteiger partial charge in [-0.05, 0) is 43.2 Å². The molecule has 0 radical (unpaired) electrons. The minimum absolute atomic E-state index is 0.193. The molecule has 0 spiro atoms. The maximum Gasteiger partial charge on any atom is 0.151 e. The summed E-state index contributed by atoms with van der Waals surface area (Å²) in [6, 6.07) is 9.16. The average molecular weight is 324 g/mol. The Balaban J connectivity index is 1.80. The van der Waals surface area contributed by atoms with Crippen LogP contribution in [0.2, 0.25) is 10.0 Å². The summed E-state index contributed by atoms with van der Waals surface area (Å²) in [6.07, 6.45) is 1.35. The number of nitrogens with zero attached hydrogens (tertiary/aromatic N) is 3. The predicted molar refractivity (Wildman–Crippen MR) is 84.9 cm³/mol. The molecule has 21 heavy (non-hydrogen) atoms. The molecule has 1 saturated heterocycles. The molecule has 0 atom stereocenters. The third kappa shape index (κ3) is 3.28. The molecule has 0 saturated carbocycles. The highest BCUT2D eigenvalue weighted by molar-refractivity contribution is 6.36. The number of piperidine rings is 1. The van der Waals surface area contributed by atoms with Crippen molar-refractivity contribution in [3.05, 3.63) is 40.4 Å². The van der Waals surface area contributed by atoms with Crippen LogP contribution < -0.4 is 4.90 Å². The van der Waals surface area contributed by atoms with Gasteiger partial charge in [0.05, 0.1) is 16.8 Å². The van der Waals surface area contributed by atoms with Crippen LogP contribution in [0.15, 0.2) is 30.3 Å². The Morgan fingerprint density at radius 1 is 1.05 bits per heavy atom. The molecule has 2 heterocycles. The van der Waals surface area contributed by atoms with Gasteiger partial charge in [0.2, 0.25) is 0 Å². The molecule has 6 heteroatoms. The van der Waals surface area contributed by atoms with Crippen LogP contribution in [-0.4, -0.2) is 34.5 Å². The van der Waals surface area contributed by atoms with Gasteiger partial charge in [-0.1, -0.05) is 23.2 Å². The van der Waals surface area contributed by atoms with Crippen molar-refractivity contribution in [2.45, 2.75) is 18.9 Å². The first kappa shape index (κ1) is 14.6. The van der Waals surface area contributed by atoms with Gasteiger partial charge in [-0.15, -0.1) is 10.2 Å². The van der Waals surface area contributed by atoms with Crippen molar-refractivity contribution in [3.8, 4) is 11.3 Å². The Labute approximate surface area is 133 Å². The van der Waals surface area contributed by atoms with E-state index in [0.717, 1.165) is 43.0 Å². The number of anilines is 1. The topological polar surface area (TPSA) is 49.2 Å². The fourth-order valence-electron chi connectivity index (χ4n) is 2.43. The Morgan fingerprint density at radius 2 is 1.81 bits per heavy atom. The zero-order chi connectivity index (χ0) is 14.8. The monoisotopic (exact) mass is 323 g/mol. The molecular formula is C15H15Cl2N3O. The van der Waals surface area contributed by atoms with E-state index in [4.69, 9.17) is 23.2 Å². The SMILES string of the molecule is OC1CCN(c2ccc(-c3ccc(Cl)cc3Cl)nn2)CC1. The van der Waals surface area contributed by atoms with E-state index in [1.54, 1.807) is 12.1 Å². The molecule has 1 fully saturated rings. The predicted octanol–water partition coefficient (Wildman–Crippen LogP) is 3.41. The van der Waals surface area contributed by atoms with E-state index in [1.807, 2.05) is 18.2 Å². The zero-order valence-corrected chi connectivity index (χ0v) is 12.8. The first-order valence-electron chi connectivity index (χ1n) is 6.85. The van der Waals surface area contributed by atoms with Crippen molar-refractivity contribution < 1.29 is 5.11 Å². The molecule has 0 amide bonds. The van der Waals surface area contributed by atoms with E-state index in [1.165, 1.54) is 0 Å². The van der Waals surface area contributed by atoms with Crippen LogP contribution in [-0.2, 0) is 0 Å². The summed E-state index contributed by atoms with van der Waals surface area (Å²) < 4.78 is 0. The van der Waals surface area contributed by atoms with Crippen LogP contribution in [0.25, 0.3) is 11.3 Å². The number of halogens is 2. The number of hydrogen-bond acceptors (Lipinski definition) is 4. The van der Waals surface area contributed by atoms with E-state index in [0.29, 0.717) is 10.0 Å². The maximum absolute atomic E-state index is 9.53. The van der Waals surface area contributed by atoms with Crippen molar-refractivity contribution >= 4 is 29.0 Å². The fraction of sp³-hybridized carbons (Fsp3) is 0.333. The lowest BCUT2D eigenvalue weighted by Gasteiger charge is -2.30. The molecule has 1 N–H and O–H groups in total. The van der Waals surface area contributed by atoms with Crippen LogP contribution in [0.4, 0.5) is 5.82 Å². The third-order valence-corrected chi connectivity index (χ3v) is 4.19. The van der Waals surface area contributed by atoms with E-state index in [2.05, 4.69) is 15.1 Å². The van der Waals surface area contributed by atoms with Crippen LogP contribution in [0.5, 0.6) is 0 Å². The van der Waals surface area contributed by atoms with E-state index >= 15 is 0 Å². The van der Waals surface area contributed by atoms with Crippen LogP contribution >= 0.6 is 23.2 Å². The summed E-state index contributed by atoms with van der Waals surface area (Å²) in [5.74, 6) is 0.829. The largest absolute Gasteiger partial charge is 0.393 e. The molecule has 110 valence electrons. The van der Waals surface area contributed by atoms with Gasteiger partial charge >= 0.3 is 0 Å². The lowest BCUT2D eigenvalue weighted by molar-refractivity contribution is 0.145. The Morgan fingerprint density at radius 3 is 2.43 bits per heavy atom. The average Bonchev–Trinajstić information content (AvgIpc) is 2.48. The van der Waals surface area contributed by atoms with Crippen LogP contribution in [0, 0.1) is 0 Å². The highest BCUT2D eigenvalue weighted by Gasteiger charge is 2.18. The molecule has 1 aliphatic rings. The Bertz CT molecular complexity index is 625. The lowest BCUT2D eigenvalue weighted by Crippen LogP contribution is -2.36. The van der Waals surface area contributed by atoms with E-state index < -0.39 is 0 Å². The normalized spacial score (nSPS) is 16.2. The van der Waals surface area contributed by atoms with E-state index in [9.17, 15) is 5.11 Å². The number of aromatic nitrogens is 2. The number of rotatable bonds is 2. The molecular weight excluding hydrogens is 309 g/mol. The highest BCUT2D eigenvalue weighted by atomic mass is 35.5. The van der Waals surface area contributed by atoms with Gasteiger partial charge in [0.15, 0.2) is 5.82 Å². The summed E-state index contributed by atoms with van der Waals surface area (Å²) >= 11 is 12.1. The molecule has 0 unspecified atom stereocenters. The van der Waals surface area contributed by atoms with Gasteiger partial charge in [0.25, 0.3) is 0 Å². The smallest absolute Gasteiger partial charge is 0.151 e. The van der Waals surface area contributed by atoms with Gasteiger partial charge in [-0.3, -0.25) is 0 Å². The van der Waals surface area contributed by atoms with Crippen molar-refractivity contribution in [2.75, 3.05) is 18.0 Å². The zero-order valence-electron chi connectivity index (χ0n) is 11.3. The number of aliphatic hydroxyl groups excluding tert-OH is 1. The summed E-state index contributed by atoms with van der Waals surface area (Å²) in [6.45, 7) is 1.60. The quantitative estimate of drug-likeness (QED) is 0.920. The van der Waals surface area contributed by atoms with Crippen molar-refractivity contribution in [2.24, 2.45) is 0 Å². The van der Waals surface area contributed by atoms with Gasteiger partial charge in [-0.2, -0.15) is 0 Å². The molecule has 4 nitrogen and oxygen atoms in total. The summed E-state index contributed by atoms with van der Waals surface area (Å²) in [7, 11) is 0. The van der Waals surface area contributed by atoms with Gasteiger partial charge in [0.1, 0.15) is 0 Å². The first-order valence-corrected chi connectivity index (χ1v) is 7.61. The first-order chi connectivity index (χ1) is 10.1. The van der Waals surface area contributed by atoms with Crippen molar-refractivity contribution in [1.82, 2.24) is 10.2 Å². The Hall–Kier alpha value is -1.36. The summed E-state index contributed by atoms with van der Waals surface area (Å²) in [5, 5.41) is 19.2. The van der Waals surface area contributed by atoms with Crippen LogP contribution in [0.3, 0.4) is 0 Å². The minimum atomic E-state index is -0.193. The number of benzene rings is 1. The number of aliphatic hydroxyl groups is 1. The van der Waals surface area contributed by atoms with Gasteiger partial charge in [-0.25, -0.2) is 0 Å². The lowest BCUT2D eigenvalue weighted by atomic mass is 10.1. The van der Waals surface area contributed by atoms with Crippen LogP contribution in [0.1, 0.15) is 12.8 Å². The molecule has 1 aromatic heterocycles. The highest BCUT2D eigenvalue weighted by Crippen LogP contribution is 2.29. The molecule has 1 aromatic carbocycles. The molecule has 0 bridgehead atoms. The van der Waals surface area contributed by atoms with Crippen molar-refractivity contribution in [1.29, 1.82) is 0 Å². The maximum atomic E-state index is 9.53. The molecule has 0 aliphatic carbocycles. The van der Waals surface area contributed by atoms with E-state index in [-0.39, 0.29) is 6.10 Å². The molecule has 2 aromatic rings. The standard InChI is InChI=1S/C15H15Cl2N3O/c16-10-1-2-12(13(17)9-10)14-3-4-15(19-18-14)20-7-5-11(21)6-8-20/h1-4,9,11,21H,5-8H2. The van der Waals surface area contributed by atoms with Crippen molar-refractivity contribution in [3.63, 3.8) is 0 Å². The molecule has 1 aliphatic heterocycles.